The summed E-state index contributed by atoms with van der Waals surface area (Å²) in [5.74, 6) is -0.959. The van der Waals surface area contributed by atoms with Gasteiger partial charge in [0.2, 0.25) is 0 Å². The Morgan fingerprint density at radius 1 is 1.41 bits per heavy atom. The van der Waals surface area contributed by atoms with Crippen molar-refractivity contribution in [1.82, 2.24) is 0 Å². The second-order valence-electron chi connectivity index (χ2n) is 4.29. The molecule has 0 aromatic heterocycles. The largest absolute Gasteiger partial charge is 0.469 e. The van der Waals surface area contributed by atoms with Gasteiger partial charge in [-0.15, -0.1) is 0 Å². The quantitative estimate of drug-likeness (QED) is 0.799. The van der Waals surface area contributed by atoms with Crippen LogP contribution in [0.1, 0.15) is 32.3 Å². The number of ether oxygens (including phenoxy) is 1. The van der Waals surface area contributed by atoms with E-state index in [0.717, 1.165) is 12.0 Å². The molecule has 1 rings (SSSR count). The molecule has 0 saturated heterocycles. The highest BCUT2D eigenvalue weighted by atomic mass is 16.5. The highest BCUT2D eigenvalue weighted by Crippen LogP contribution is 2.34. The zero-order valence-electron chi connectivity index (χ0n) is 10.6. The molecule has 2 atom stereocenters. The van der Waals surface area contributed by atoms with Gasteiger partial charge >= 0.3 is 5.97 Å². The summed E-state index contributed by atoms with van der Waals surface area (Å²) in [4.78, 5) is 11.6. The molecule has 0 amide bonds. The molecule has 94 valence electrons. The lowest BCUT2D eigenvalue weighted by Crippen LogP contribution is -2.38. The monoisotopic (exact) mass is 236 g/mol. The molecule has 0 saturated carbocycles. The van der Waals surface area contributed by atoms with E-state index in [-0.39, 0.29) is 5.97 Å². The average molecular weight is 236 g/mol. The van der Waals surface area contributed by atoms with Crippen molar-refractivity contribution in [3.05, 3.63) is 35.9 Å². The third kappa shape index (κ3) is 2.86. The molecule has 0 aliphatic carbocycles. The van der Waals surface area contributed by atoms with Crippen molar-refractivity contribution in [2.45, 2.75) is 32.3 Å². The van der Waals surface area contributed by atoms with Crippen LogP contribution in [0, 0.1) is 5.92 Å². The van der Waals surface area contributed by atoms with Gasteiger partial charge in [-0.05, 0) is 18.9 Å². The summed E-state index contributed by atoms with van der Waals surface area (Å²) >= 11 is 0. The van der Waals surface area contributed by atoms with Crippen molar-refractivity contribution in [2.75, 3.05) is 7.11 Å². The number of benzene rings is 1. The number of hydrogen-bond donors (Lipinski definition) is 1. The smallest absolute Gasteiger partial charge is 0.311 e. The van der Waals surface area contributed by atoms with Crippen LogP contribution in [0.25, 0.3) is 0 Å². The van der Waals surface area contributed by atoms with E-state index in [4.69, 9.17) is 4.74 Å². The van der Waals surface area contributed by atoms with E-state index in [1.807, 2.05) is 37.3 Å². The highest BCUT2D eigenvalue weighted by molar-refractivity contribution is 5.73. The molecule has 1 aromatic rings. The third-order valence-corrected chi connectivity index (χ3v) is 3.18. The number of carbonyl (C=O) groups excluding carboxylic acids is 1. The fourth-order valence-electron chi connectivity index (χ4n) is 2.09. The van der Waals surface area contributed by atoms with E-state index in [2.05, 4.69) is 0 Å². The Kier molecular flexibility index (Phi) is 4.70. The Labute approximate surface area is 102 Å². The molecule has 3 nitrogen and oxygen atoms in total. The lowest BCUT2D eigenvalue weighted by Gasteiger charge is -2.33. The van der Waals surface area contributed by atoms with Gasteiger partial charge in [0.05, 0.1) is 13.0 Å². The Morgan fingerprint density at radius 3 is 2.47 bits per heavy atom. The van der Waals surface area contributed by atoms with Crippen LogP contribution in [0.15, 0.2) is 30.3 Å². The lowest BCUT2D eigenvalue weighted by molar-refractivity contribution is -0.156. The van der Waals surface area contributed by atoms with Crippen molar-refractivity contribution in [2.24, 2.45) is 5.92 Å². The first kappa shape index (κ1) is 13.7. The van der Waals surface area contributed by atoms with E-state index in [1.54, 1.807) is 6.92 Å². The maximum absolute atomic E-state index is 11.6. The Hall–Kier alpha value is -1.35. The minimum atomic E-state index is -1.15. The molecule has 1 N–H and O–H groups in total. The standard InChI is InChI=1S/C14H20O3/c1-4-10-14(16,11(2)13(15)17-3)12-8-6-5-7-9-12/h5-9,11,16H,4,10H2,1-3H3. The normalized spacial score (nSPS) is 16.0. The lowest BCUT2D eigenvalue weighted by atomic mass is 9.79. The first-order valence-corrected chi connectivity index (χ1v) is 5.92. The molecule has 0 fully saturated rings. The van der Waals surface area contributed by atoms with Crippen LogP contribution >= 0.6 is 0 Å². The van der Waals surface area contributed by atoms with E-state index in [9.17, 15) is 9.90 Å². The van der Waals surface area contributed by atoms with Crippen LogP contribution < -0.4 is 0 Å². The van der Waals surface area contributed by atoms with Gasteiger partial charge in [0.1, 0.15) is 5.60 Å². The molecular formula is C14H20O3. The van der Waals surface area contributed by atoms with Crippen molar-refractivity contribution < 1.29 is 14.6 Å². The molecule has 0 bridgehead atoms. The van der Waals surface area contributed by atoms with Crippen LogP contribution in [0.2, 0.25) is 0 Å². The van der Waals surface area contributed by atoms with Crippen LogP contribution in [0.5, 0.6) is 0 Å². The predicted octanol–water partition coefficient (Wildman–Crippen LogP) is 2.48. The average Bonchev–Trinajstić information content (AvgIpc) is 2.38. The number of hydrogen-bond acceptors (Lipinski definition) is 3. The zero-order chi connectivity index (χ0) is 12.9. The molecule has 0 spiro atoms. The Balaban J connectivity index is 3.09. The summed E-state index contributed by atoms with van der Waals surface area (Å²) in [6.45, 7) is 3.69. The van der Waals surface area contributed by atoms with Gasteiger partial charge in [-0.1, -0.05) is 43.7 Å². The van der Waals surface area contributed by atoms with Gasteiger partial charge in [0.15, 0.2) is 0 Å². The van der Waals surface area contributed by atoms with E-state index in [0.29, 0.717) is 6.42 Å². The fraction of sp³-hybridized carbons (Fsp3) is 0.500. The van der Waals surface area contributed by atoms with E-state index in [1.165, 1.54) is 7.11 Å². The van der Waals surface area contributed by atoms with Gasteiger partial charge in [-0.3, -0.25) is 4.79 Å². The first-order chi connectivity index (χ1) is 8.06. The fourth-order valence-corrected chi connectivity index (χ4v) is 2.09. The molecule has 3 heteroatoms. The molecule has 1 aromatic carbocycles. The van der Waals surface area contributed by atoms with E-state index < -0.39 is 11.5 Å². The zero-order valence-corrected chi connectivity index (χ0v) is 10.6. The molecular weight excluding hydrogens is 216 g/mol. The van der Waals surface area contributed by atoms with Crippen LogP contribution in [-0.2, 0) is 15.1 Å². The van der Waals surface area contributed by atoms with Gasteiger partial charge in [-0.25, -0.2) is 0 Å². The molecule has 0 radical (unpaired) electrons. The summed E-state index contributed by atoms with van der Waals surface area (Å²) in [5.41, 5.74) is -0.386. The van der Waals surface area contributed by atoms with Crippen molar-refractivity contribution in [3.8, 4) is 0 Å². The van der Waals surface area contributed by atoms with Crippen LogP contribution in [-0.4, -0.2) is 18.2 Å². The van der Waals surface area contributed by atoms with Crippen LogP contribution in [0.3, 0.4) is 0 Å². The molecule has 0 aliphatic heterocycles. The minimum absolute atomic E-state index is 0.384. The van der Waals surface area contributed by atoms with Crippen molar-refractivity contribution >= 4 is 5.97 Å². The van der Waals surface area contributed by atoms with E-state index >= 15 is 0 Å². The van der Waals surface area contributed by atoms with Gasteiger partial charge < -0.3 is 9.84 Å². The van der Waals surface area contributed by atoms with Gasteiger partial charge in [-0.2, -0.15) is 0 Å². The number of methoxy groups -OCH3 is 1. The van der Waals surface area contributed by atoms with Crippen molar-refractivity contribution in [3.63, 3.8) is 0 Å². The second-order valence-corrected chi connectivity index (χ2v) is 4.29. The summed E-state index contributed by atoms with van der Waals surface area (Å²) in [6.07, 6.45) is 1.33. The SMILES string of the molecule is CCCC(O)(c1ccccc1)C(C)C(=O)OC. The first-order valence-electron chi connectivity index (χ1n) is 5.92. The summed E-state index contributed by atoms with van der Waals surface area (Å²) in [5, 5.41) is 10.8. The number of rotatable bonds is 5. The maximum Gasteiger partial charge on any atom is 0.311 e. The summed E-state index contributed by atoms with van der Waals surface area (Å²) < 4.78 is 4.73. The number of esters is 1. The predicted molar refractivity (Wildman–Crippen MR) is 66.4 cm³/mol. The van der Waals surface area contributed by atoms with Crippen LogP contribution in [0.4, 0.5) is 0 Å². The Bertz CT molecular complexity index is 361. The topological polar surface area (TPSA) is 46.5 Å². The van der Waals surface area contributed by atoms with Gasteiger partial charge in [0, 0.05) is 0 Å². The maximum atomic E-state index is 11.6. The molecule has 0 aliphatic rings. The molecule has 2 unspecified atom stereocenters. The Morgan fingerprint density at radius 2 is 2.00 bits per heavy atom. The number of aliphatic hydroxyl groups is 1. The minimum Gasteiger partial charge on any atom is -0.469 e. The molecule has 0 heterocycles. The summed E-state index contributed by atoms with van der Waals surface area (Å²) in [7, 11) is 1.34. The number of carbonyl (C=O) groups is 1. The van der Waals surface area contributed by atoms with Crippen molar-refractivity contribution in [1.29, 1.82) is 0 Å². The highest BCUT2D eigenvalue weighted by Gasteiger charge is 2.39. The molecule has 17 heavy (non-hydrogen) atoms. The van der Waals surface area contributed by atoms with Gasteiger partial charge in [0.25, 0.3) is 0 Å². The summed E-state index contributed by atoms with van der Waals surface area (Å²) in [6, 6.07) is 9.29. The third-order valence-electron chi connectivity index (χ3n) is 3.18. The second kappa shape index (κ2) is 5.82.